The minimum atomic E-state index is 0.163. The summed E-state index contributed by atoms with van der Waals surface area (Å²) in [5.41, 5.74) is 0.807. The maximum absolute atomic E-state index is 10.1. The van der Waals surface area contributed by atoms with Crippen LogP contribution >= 0.6 is 0 Å². The number of hydrogen-bond donors (Lipinski definition) is 1. The van der Waals surface area contributed by atoms with Crippen LogP contribution in [0, 0.1) is 6.92 Å². The van der Waals surface area contributed by atoms with E-state index in [1.165, 1.54) is 7.11 Å². The fourth-order valence-corrected chi connectivity index (χ4v) is 2.01. The van der Waals surface area contributed by atoms with Crippen LogP contribution in [0.25, 0.3) is 10.8 Å². The Hall–Kier alpha value is -1.90. The molecule has 0 heterocycles. The third-order valence-corrected chi connectivity index (χ3v) is 2.73. The summed E-state index contributed by atoms with van der Waals surface area (Å²) in [4.78, 5) is 0. The van der Waals surface area contributed by atoms with E-state index in [1.807, 2.05) is 31.2 Å². The molecule has 0 fully saturated rings. The van der Waals surface area contributed by atoms with Crippen LogP contribution in [-0.4, -0.2) is 19.3 Å². The van der Waals surface area contributed by atoms with E-state index in [-0.39, 0.29) is 5.75 Å². The van der Waals surface area contributed by atoms with Gasteiger partial charge < -0.3 is 14.6 Å². The molecule has 3 heteroatoms. The van der Waals surface area contributed by atoms with Crippen LogP contribution in [0.1, 0.15) is 5.56 Å². The molecule has 0 atom stereocenters. The first kappa shape index (κ1) is 10.6. The SMILES string of the molecule is COc1c(C)c(OC)c2ccccc2c1O. The summed E-state index contributed by atoms with van der Waals surface area (Å²) in [7, 11) is 3.15. The minimum absolute atomic E-state index is 0.163. The predicted molar refractivity (Wildman–Crippen MR) is 63.5 cm³/mol. The average molecular weight is 218 g/mol. The molecule has 0 aliphatic carbocycles. The molecule has 0 unspecified atom stereocenters. The highest BCUT2D eigenvalue weighted by molar-refractivity contribution is 5.96. The first-order chi connectivity index (χ1) is 7.70. The summed E-state index contributed by atoms with van der Waals surface area (Å²) in [5.74, 6) is 1.37. The maximum Gasteiger partial charge on any atom is 0.167 e. The fraction of sp³-hybridized carbons (Fsp3) is 0.231. The summed E-state index contributed by atoms with van der Waals surface area (Å²) in [6, 6.07) is 7.54. The molecule has 0 radical (unpaired) electrons. The van der Waals surface area contributed by atoms with E-state index in [0.29, 0.717) is 5.75 Å². The van der Waals surface area contributed by atoms with Gasteiger partial charge in [0, 0.05) is 16.3 Å². The lowest BCUT2D eigenvalue weighted by molar-refractivity contribution is 0.364. The van der Waals surface area contributed by atoms with Crippen LogP contribution in [-0.2, 0) is 0 Å². The van der Waals surface area contributed by atoms with Gasteiger partial charge in [0.05, 0.1) is 14.2 Å². The molecule has 0 saturated carbocycles. The molecule has 16 heavy (non-hydrogen) atoms. The van der Waals surface area contributed by atoms with Gasteiger partial charge in [-0.25, -0.2) is 0 Å². The first-order valence-corrected chi connectivity index (χ1v) is 5.03. The number of aromatic hydroxyl groups is 1. The standard InChI is InChI=1S/C13H14O3/c1-8-12(15-2)10-7-5-4-6-9(10)11(14)13(8)16-3/h4-7,14H,1-3H3. The van der Waals surface area contributed by atoms with Crippen molar-refractivity contribution in [1.82, 2.24) is 0 Å². The Kier molecular flexibility index (Phi) is 2.60. The zero-order valence-corrected chi connectivity index (χ0v) is 9.57. The molecule has 2 aromatic rings. The molecule has 0 saturated heterocycles. The van der Waals surface area contributed by atoms with E-state index in [2.05, 4.69) is 0 Å². The molecular weight excluding hydrogens is 204 g/mol. The van der Waals surface area contributed by atoms with Crippen molar-refractivity contribution in [3.8, 4) is 17.2 Å². The molecule has 0 aromatic heterocycles. The summed E-state index contributed by atoms with van der Waals surface area (Å²) >= 11 is 0. The largest absolute Gasteiger partial charge is 0.504 e. The highest BCUT2D eigenvalue weighted by atomic mass is 16.5. The highest BCUT2D eigenvalue weighted by Gasteiger charge is 2.16. The van der Waals surface area contributed by atoms with Gasteiger partial charge in [-0.1, -0.05) is 24.3 Å². The van der Waals surface area contributed by atoms with Crippen molar-refractivity contribution in [2.75, 3.05) is 14.2 Å². The summed E-state index contributed by atoms with van der Waals surface area (Å²) in [6.07, 6.45) is 0. The number of phenols is 1. The Balaban J connectivity index is 2.94. The van der Waals surface area contributed by atoms with E-state index < -0.39 is 0 Å². The molecule has 2 rings (SSSR count). The second-order valence-electron chi connectivity index (χ2n) is 3.59. The highest BCUT2D eigenvalue weighted by Crippen LogP contribution is 2.44. The van der Waals surface area contributed by atoms with Crippen molar-refractivity contribution in [2.45, 2.75) is 6.92 Å². The number of rotatable bonds is 2. The van der Waals surface area contributed by atoms with Gasteiger partial charge in [0.1, 0.15) is 5.75 Å². The molecule has 84 valence electrons. The molecule has 0 bridgehead atoms. The van der Waals surface area contributed by atoms with Crippen molar-refractivity contribution in [1.29, 1.82) is 0 Å². The number of ether oxygens (including phenoxy) is 2. The van der Waals surface area contributed by atoms with Gasteiger partial charge >= 0.3 is 0 Å². The van der Waals surface area contributed by atoms with E-state index in [4.69, 9.17) is 9.47 Å². The first-order valence-electron chi connectivity index (χ1n) is 5.03. The average Bonchev–Trinajstić information content (AvgIpc) is 2.30. The van der Waals surface area contributed by atoms with Gasteiger partial charge in [-0.3, -0.25) is 0 Å². The van der Waals surface area contributed by atoms with Gasteiger partial charge in [-0.15, -0.1) is 0 Å². The van der Waals surface area contributed by atoms with E-state index in [9.17, 15) is 5.11 Å². The Morgan fingerprint density at radius 2 is 1.50 bits per heavy atom. The molecule has 0 aliphatic heterocycles. The lowest BCUT2D eigenvalue weighted by Crippen LogP contribution is -1.94. The van der Waals surface area contributed by atoms with Gasteiger partial charge in [0.2, 0.25) is 0 Å². The molecule has 0 aliphatic rings. The molecule has 0 spiro atoms. The normalized spacial score (nSPS) is 10.4. The smallest absolute Gasteiger partial charge is 0.167 e. The minimum Gasteiger partial charge on any atom is -0.504 e. The monoisotopic (exact) mass is 218 g/mol. The summed E-state index contributed by atoms with van der Waals surface area (Å²) < 4.78 is 10.6. The van der Waals surface area contributed by atoms with Crippen molar-refractivity contribution in [2.24, 2.45) is 0 Å². The quantitative estimate of drug-likeness (QED) is 0.842. The molecule has 1 N–H and O–H groups in total. The van der Waals surface area contributed by atoms with Crippen LogP contribution in [0.5, 0.6) is 17.2 Å². The summed E-state index contributed by atoms with van der Waals surface area (Å²) in [5, 5.41) is 11.7. The maximum atomic E-state index is 10.1. The van der Waals surface area contributed by atoms with Crippen LogP contribution in [0.15, 0.2) is 24.3 Å². The zero-order chi connectivity index (χ0) is 11.7. The van der Waals surface area contributed by atoms with E-state index >= 15 is 0 Å². The Labute approximate surface area is 94.2 Å². The number of hydrogen-bond acceptors (Lipinski definition) is 3. The van der Waals surface area contributed by atoms with Crippen molar-refractivity contribution in [3.05, 3.63) is 29.8 Å². The fourth-order valence-electron chi connectivity index (χ4n) is 2.01. The molecule has 0 amide bonds. The Morgan fingerprint density at radius 1 is 0.938 bits per heavy atom. The van der Waals surface area contributed by atoms with Gasteiger partial charge in [-0.2, -0.15) is 0 Å². The number of methoxy groups -OCH3 is 2. The third kappa shape index (κ3) is 1.36. The Morgan fingerprint density at radius 3 is 2.06 bits per heavy atom. The second-order valence-corrected chi connectivity index (χ2v) is 3.59. The van der Waals surface area contributed by atoms with Gasteiger partial charge in [0.15, 0.2) is 11.5 Å². The topological polar surface area (TPSA) is 38.7 Å². The zero-order valence-electron chi connectivity index (χ0n) is 9.57. The predicted octanol–water partition coefficient (Wildman–Crippen LogP) is 2.87. The van der Waals surface area contributed by atoms with Gasteiger partial charge in [0.25, 0.3) is 0 Å². The number of phenolic OH excluding ortho intramolecular Hbond substituents is 1. The number of fused-ring (bicyclic) bond motifs is 1. The second kappa shape index (κ2) is 3.93. The van der Waals surface area contributed by atoms with Crippen LogP contribution in [0.2, 0.25) is 0 Å². The van der Waals surface area contributed by atoms with Crippen molar-refractivity contribution >= 4 is 10.8 Å². The lowest BCUT2D eigenvalue weighted by Gasteiger charge is -2.15. The van der Waals surface area contributed by atoms with E-state index in [1.54, 1.807) is 7.11 Å². The lowest BCUT2D eigenvalue weighted by atomic mass is 10.0. The molecular formula is C13H14O3. The van der Waals surface area contributed by atoms with Crippen LogP contribution < -0.4 is 9.47 Å². The van der Waals surface area contributed by atoms with Crippen molar-refractivity contribution < 1.29 is 14.6 Å². The number of benzene rings is 2. The molecule has 3 nitrogen and oxygen atoms in total. The Bertz CT molecular complexity index is 532. The van der Waals surface area contributed by atoms with Crippen molar-refractivity contribution in [3.63, 3.8) is 0 Å². The van der Waals surface area contributed by atoms with Crippen LogP contribution in [0.4, 0.5) is 0 Å². The summed E-state index contributed by atoms with van der Waals surface area (Å²) in [6.45, 7) is 1.86. The van der Waals surface area contributed by atoms with Gasteiger partial charge in [-0.05, 0) is 6.92 Å². The molecule has 2 aromatic carbocycles. The van der Waals surface area contributed by atoms with Crippen LogP contribution in [0.3, 0.4) is 0 Å². The third-order valence-electron chi connectivity index (χ3n) is 2.73. The van der Waals surface area contributed by atoms with E-state index in [0.717, 1.165) is 22.1 Å².